The molecular weight excluding hydrogens is 404 g/mol. The molecule has 0 radical (unpaired) electrons. The molecule has 11 heteroatoms. The van der Waals surface area contributed by atoms with Crippen molar-refractivity contribution in [2.75, 3.05) is 24.3 Å². The smallest absolute Gasteiger partial charge is 0.338 e. The maximum atomic E-state index is 11.8. The summed E-state index contributed by atoms with van der Waals surface area (Å²) in [5.41, 5.74) is 7.88. The Balaban J connectivity index is 1.62. The Morgan fingerprint density at radius 3 is 2.65 bits per heavy atom. The maximum Gasteiger partial charge on any atom is 0.338 e. The van der Waals surface area contributed by atoms with E-state index in [4.69, 9.17) is 10.5 Å². The van der Waals surface area contributed by atoms with Crippen molar-refractivity contribution < 1.29 is 24.9 Å². The van der Waals surface area contributed by atoms with Crippen molar-refractivity contribution in [1.29, 1.82) is 0 Å². The highest BCUT2D eigenvalue weighted by atomic mass is 16.5. The number of aliphatic hydroxyl groups excluding tert-OH is 3. The number of imidazole rings is 1. The lowest BCUT2D eigenvalue weighted by molar-refractivity contribution is -0.00370. The average Bonchev–Trinajstić information content (AvgIpc) is 3.30. The first-order valence-corrected chi connectivity index (χ1v) is 9.94. The third-order valence-electron chi connectivity index (χ3n) is 5.46. The van der Waals surface area contributed by atoms with Gasteiger partial charge in [-0.05, 0) is 37.6 Å². The molecule has 0 unspecified atom stereocenters. The van der Waals surface area contributed by atoms with Gasteiger partial charge in [0.2, 0.25) is 5.95 Å². The lowest BCUT2D eigenvalue weighted by atomic mass is 10.1. The number of nitrogens with zero attached hydrogens (tertiary/aromatic N) is 4. The van der Waals surface area contributed by atoms with E-state index in [1.807, 2.05) is 0 Å². The second-order valence-electron chi connectivity index (χ2n) is 7.41. The summed E-state index contributed by atoms with van der Waals surface area (Å²) in [5.74, 6) is -0.478. The number of rotatable bonds is 6. The highest BCUT2D eigenvalue weighted by molar-refractivity contribution is 5.90. The minimum Gasteiger partial charge on any atom is -0.462 e. The Labute approximate surface area is 177 Å². The molecule has 6 N–H and O–H groups in total. The first-order valence-electron chi connectivity index (χ1n) is 9.94. The number of nitrogens with two attached hydrogens (primary N) is 1. The molecule has 0 saturated heterocycles. The molecule has 3 aromatic rings. The first kappa shape index (κ1) is 21.0. The molecular formula is C20H24N6O5. The predicted octanol–water partition coefficient (Wildman–Crippen LogP) is 0.604. The standard InChI is InChI=1S/C20H24N6O5/c1-2-31-19(30)10-3-5-12(6-4-10)23-20-24-17(21)14-18(25-20)26(9-22-14)13-7-11(8-27)15(28)16(13)29/h3-6,9,11,13,15-16,27-29H,2,7-8H2,1H3,(H3,21,23,24,25)/t11-,13-,15-,16+/m0/s1. The molecule has 1 aliphatic carbocycles. The molecule has 4 atom stereocenters. The van der Waals surface area contributed by atoms with Crippen LogP contribution in [0.1, 0.15) is 29.7 Å². The van der Waals surface area contributed by atoms with Crippen LogP contribution in [-0.4, -0.2) is 66.2 Å². The molecule has 164 valence electrons. The summed E-state index contributed by atoms with van der Waals surface area (Å²) in [6, 6.07) is 6.12. The number of carbonyl (C=O) groups is 1. The van der Waals surface area contributed by atoms with E-state index in [-0.39, 0.29) is 18.4 Å². The van der Waals surface area contributed by atoms with Gasteiger partial charge in [0.15, 0.2) is 11.5 Å². The summed E-state index contributed by atoms with van der Waals surface area (Å²) in [7, 11) is 0. The van der Waals surface area contributed by atoms with E-state index in [9.17, 15) is 20.1 Å². The van der Waals surface area contributed by atoms with Crippen molar-refractivity contribution in [3.63, 3.8) is 0 Å². The minimum absolute atomic E-state index is 0.154. The number of ether oxygens (including phenoxy) is 1. The fourth-order valence-corrected chi connectivity index (χ4v) is 3.83. The van der Waals surface area contributed by atoms with E-state index in [0.29, 0.717) is 35.4 Å². The van der Waals surface area contributed by atoms with Crippen LogP contribution in [0, 0.1) is 5.92 Å². The minimum atomic E-state index is -1.07. The van der Waals surface area contributed by atoms with Crippen LogP contribution in [0.25, 0.3) is 11.2 Å². The van der Waals surface area contributed by atoms with Crippen molar-refractivity contribution >= 4 is 34.6 Å². The molecule has 0 spiro atoms. The quantitative estimate of drug-likeness (QED) is 0.351. The van der Waals surface area contributed by atoms with Gasteiger partial charge in [-0.25, -0.2) is 9.78 Å². The molecule has 2 heterocycles. The second kappa shape index (κ2) is 8.46. The number of nitrogen functional groups attached to an aromatic ring is 1. The highest BCUT2D eigenvalue weighted by Gasteiger charge is 2.42. The van der Waals surface area contributed by atoms with Gasteiger partial charge in [-0.15, -0.1) is 0 Å². The molecule has 2 aromatic heterocycles. The fraction of sp³-hybridized carbons (Fsp3) is 0.400. The van der Waals surface area contributed by atoms with Crippen LogP contribution in [0.2, 0.25) is 0 Å². The number of nitrogens with one attached hydrogen (secondary N) is 1. The number of aromatic nitrogens is 4. The number of hydrogen-bond acceptors (Lipinski definition) is 10. The Morgan fingerprint density at radius 2 is 2.00 bits per heavy atom. The van der Waals surface area contributed by atoms with Gasteiger partial charge >= 0.3 is 5.97 Å². The third-order valence-corrected chi connectivity index (χ3v) is 5.46. The summed E-state index contributed by atoms with van der Waals surface area (Å²) < 4.78 is 6.62. The van der Waals surface area contributed by atoms with Crippen LogP contribution in [-0.2, 0) is 4.74 Å². The van der Waals surface area contributed by atoms with Gasteiger partial charge in [0.1, 0.15) is 11.6 Å². The monoisotopic (exact) mass is 428 g/mol. The zero-order valence-corrected chi connectivity index (χ0v) is 16.8. The average molecular weight is 428 g/mol. The van der Waals surface area contributed by atoms with Crippen molar-refractivity contribution in [2.24, 2.45) is 5.92 Å². The summed E-state index contributed by atoms with van der Waals surface area (Å²) in [6.07, 6.45) is -0.250. The normalized spacial score (nSPS) is 23.2. The first-order chi connectivity index (χ1) is 14.9. The zero-order valence-electron chi connectivity index (χ0n) is 16.8. The second-order valence-corrected chi connectivity index (χ2v) is 7.41. The Morgan fingerprint density at radius 1 is 1.26 bits per heavy atom. The third kappa shape index (κ3) is 3.90. The number of anilines is 3. The molecule has 4 rings (SSSR count). The van der Waals surface area contributed by atoms with Crippen molar-refractivity contribution in [3.8, 4) is 0 Å². The summed E-state index contributed by atoms with van der Waals surface area (Å²) in [4.78, 5) is 24.7. The van der Waals surface area contributed by atoms with Gasteiger partial charge in [0, 0.05) is 18.2 Å². The number of aliphatic hydroxyl groups is 3. The SMILES string of the molecule is CCOC(=O)c1ccc(Nc2nc(N)c3ncn([C@H]4C[C@@H](CO)[C@H](O)[C@@H]4O)c3n2)cc1. The fourth-order valence-electron chi connectivity index (χ4n) is 3.83. The van der Waals surface area contributed by atoms with Gasteiger partial charge < -0.3 is 35.7 Å². The van der Waals surface area contributed by atoms with Crippen molar-refractivity contribution in [1.82, 2.24) is 19.5 Å². The van der Waals surface area contributed by atoms with Gasteiger partial charge in [-0.1, -0.05) is 0 Å². The van der Waals surface area contributed by atoms with E-state index in [1.165, 1.54) is 6.33 Å². The lowest BCUT2D eigenvalue weighted by Gasteiger charge is -2.18. The number of esters is 1. The summed E-state index contributed by atoms with van der Waals surface area (Å²) >= 11 is 0. The van der Waals surface area contributed by atoms with Gasteiger partial charge in [-0.2, -0.15) is 9.97 Å². The number of benzene rings is 1. The lowest BCUT2D eigenvalue weighted by Crippen LogP contribution is -2.30. The molecule has 1 fully saturated rings. The van der Waals surface area contributed by atoms with Crippen LogP contribution < -0.4 is 11.1 Å². The van der Waals surface area contributed by atoms with Gasteiger partial charge in [0.05, 0.1) is 30.6 Å². The van der Waals surface area contributed by atoms with Crippen molar-refractivity contribution in [2.45, 2.75) is 31.6 Å². The molecule has 0 bridgehead atoms. The summed E-state index contributed by atoms with van der Waals surface area (Å²) in [6.45, 7) is 1.81. The molecule has 0 aliphatic heterocycles. The van der Waals surface area contributed by atoms with Crippen LogP contribution in [0.3, 0.4) is 0 Å². The van der Waals surface area contributed by atoms with Crippen molar-refractivity contribution in [3.05, 3.63) is 36.2 Å². The van der Waals surface area contributed by atoms with Crippen LogP contribution >= 0.6 is 0 Å². The van der Waals surface area contributed by atoms with Crippen LogP contribution in [0.4, 0.5) is 17.5 Å². The largest absolute Gasteiger partial charge is 0.462 e. The zero-order chi connectivity index (χ0) is 22.1. The molecule has 1 aliphatic rings. The highest BCUT2D eigenvalue weighted by Crippen LogP contribution is 2.37. The Bertz CT molecular complexity index is 1090. The topological polar surface area (TPSA) is 169 Å². The van der Waals surface area contributed by atoms with E-state index in [1.54, 1.807) is 35.8 Å². The number of carbonyl (C=O) groups excluding carboxylic acids is 1. The van der Waals surface area contributed by atoms with E-state index < -0.39 is 30.1 Å². The number of fused-ring (bicyclic) bond motifs is 1. The van der Waals surface area contributed by atoms with E-state index >= 15 is 0 Å². The van der Waals surface area contributed by atoms with E-state index in [0.717, 1.165) is 0 Å². The molecule has 1 aromatic carbocycles. The summed E-state index contributed by atoms with van der Waals surface area (Å²) in [5, 5.41) is 33.1. The number of hydrogen-bond donors (Lipinski definition) is 5. The molecule has 31 heavy (non-hydrogen) atoms. The molecule has 0 amide bonds. The molecule has 11 nitrogen and oxygen atoms in total. The Hall–Kier alpha value is -3.28. The van der Waals surface area contributed by atoms with Gasteiger partial charge in [-0.3, -0.25) is 0 Å². The van der Waals surface area contributed by atoms with E-state index in [2.05, 4.69) is 20.3 Å². The van der Waals surface area contributed by atoms with Gasteiger partial charge in [0.25, 0.3) is 0 Å². The maximum absolute atomic E-state index is 11.8. The Kier molecular flexibility index (Phi) is 5.72. The van der Waals surface area contributed by atoms with Crippen LogP contribution in [0.5, 0.6) is 0 Å². The van der Waals surface area contributed by atoms with Crippen LogP contribution in [0.15, 0.2) is 30.6 Å². The predicted molar refractivity (Wildman–Crippen MR) is 112 cm³/mol. The molecule has 1 saturated carbocycles.